The first kappa shape index (κ1) is 10.6. The number of hydrogen-bond acceptors (Lipinski definition) is 2. The molecule has 1 amide bonds. The molecule has 1 aliphatic rings. The maximum Gasteiger partial charge on any atom is 0.224 e. The lowest BCUT2D eigenvalue weighted by molar-refractivity contribution is -0.128. The Bertz CT molecular complexity index is 566. The lowest BCUT2D eigenvalue weighted by Crippen LogP contribution is -2.24. The molecule has 4 nitrogen and oxygen atoms in total. The van der Waals surface area contributed by atoms with Gasteiger partial charge in [-0.3, -0.25) is 4.79 Å². The van der Waals surface area contributed by atoms with E-state index in [2.05, 4.69) is 4.98 Å². The van der Waals surface area contributed by atoms with Gasteiger partial charge >= 0.3 is 0 Å². The Morgan fingerprint density at radius 1 is 1.47 bits per heavy atom. The highest BCUT2D eigenvalue weighted by atomic mass is 35.5. The number of nitrogens with zero attached hydrogens (tertiary/aromatic N) is 3. The summed E-state index contributed by atoms with van der Waals surface area (Å²) in [5.41, 5.74) is 2.01. The highest BCUT2D eigenvalue weighted by molar-refractivity contribution is 6.22. The largest absolute Gasteiger partial charge is 0.337 e. The van der Waals surface area contributed by atoms with Crippen LogP contribution >= 0.6 is 11.6 Å². The average molecular weight is 250 g/mol. The molecule has 0 aliphatic carbocycles. The zero-order chi connectivity index (χ0) is 11.8. The number of likely N-dealkylation sites (tertiary alicyclic amines) is 1. The second-order valence-corrected chi connectivity index (χ2v) is 4.92. The van der Waals surface area contributed by atoms with Gasteiger partial charge in [0, 0.05) is 38.1 Å². The molecule has 0 radical (unpaired) electrons. The Morgan fingerprint density at radius 2 is 2.35 bits per heavy atom. The van der Waals surface area contributed by atoms with E-state index in [0.29, 0.717) is 19.5 Å². The van der Waals surface area contributed by atoms with Gasteiger partial charge in [-0.25, -0.2) is 4.98 Å². The molecule has 2 aromatic rings. The van der Waals surface area contributed by atoms with E-state index in [1.165, 1.54) is 0 Å². The smallest absolute Gasteiger partial charge is 0.224 e. The number of halogens is 1. The van der Waals surface area contributed by atoms with Crippen LogP contribution < -0.4 is 0 Å². The van der Waals surface area contributed by atoms with E-state index < -0.39 is 0 Å². The maximum absolute atomic E-state index is 11.6. The van der Waals surface area contributed by atoms with E-state index in [4.69, 9.17) is 11.6 Å². The second kappa shape index (κ2) is 4.04. The van der Waals surface area contributed by atoms with Gasteiger partial charge in [-0.05, 0) is 11.6 Å². The number of amides is 1. The summed E-state index contributed by atoms with van der Waals surface area (Å²) in [4.78, 5) is 17.6. The number of hydrogen-bond donors (Lipinski definition) is 0. The predicted molar refractivity (Wildman–Crippen MR) is 64.9 cm³/mol. The highest BCUT2D eigenvalue weighted by Crippen LogP contribution is 2.19. The van der Waals surface area contributed by atoms with Crippen LogP contribution in [0.4, 0.5) is 0 Å². The zero-order valence-electron chi connectivity index (χ0n) is 9.21. The van der Waals surface area contributed by atoms with Gasteiger partial charge in [0.25, 0.3) is 0 Å². The molecule has 0 spiro atoms. The van der Waals surface area contributed by atoms with Crippen molar-refractivity contribution in [2.45, 2.75) is 18.3 Å². The minimum Gasteiger partial charge on any atom is -0.337 e. The number of fused-ring (bicyclic) bond motifs is 1. The van der Waals surface area contributed by atoms with E-state index in [0.717, 1.165) is 11.2 Å². The second-order valence-electron chi connectivity index (χ2n) is 4.31. The summed E-state index contributed by atoms with van der Waals surface area (Å²) in [6, 6.07) is 3.95. The summed E-state index contributed by atoms with van der Waals surface area (Å²) >= 11 is 5.97. The van der Waals surface area contributed by atoms with Gasteiger partial charge in [0.05, 0.1) is 5.38 Å². The number of carbonyl (C=O) groups is 1. The van der Waals surface area contributed by atoms with Crippen LogP contribution in [0.1, 0.15) is 12.0 Å². The molecule has 1 saturated heterocycles. The molecule has 1 atom stereocenters. The molecule has 2 aromatic heterocycles. The quantitative estimate of drug-likeness (QED) is 0.760. The van der Waals surface area contributed by atoms with Gasteiger partial charge in [0.15, 0.2) is 0 Å². The first-order chi connectivity index (χ1) is 8.22. The molecule has 0 aromatic carbocycles. The van der Waals surface area contributed by atoms with Crippen LogP contribution in [-0.4, -0.2) is 32.1 Å². The average Bonchev–Trinajstić information content (AvgIpc) is 2.85. The van der Waals surface area contributed by atoms with Gasteiger partial charge in [-0.2, -0.15) is 0 Å². The van der Waals surface area contributed by atoms with Crippen LogP contribution in [-0.2, 0) is 11.3 Å². The number of carbonyl (C=O) groups excluding carboxylic acids is 1. The summed E-state index contributed by atoms with van der Waals surface area (Å²) < 4.78 is 1.95. The summed E-state index contributed by atoms with van der Waals surface area (Å²) in [6.45, 7) is 1.26. The molecule has 1 fully saturated rings. The minimum absolute atomic E-state index is 0.0422. The van der Waals surface area contributed by atoms with Crippen molar-refractivity contribution >= 4 is 23.2 Å². The molecule has 0 N–H and O–H groups in total. The molecule has 0 bridgehead atoms. The van der Waals surface area contributed by atoms with E-state index in [9.17, 15) is 4.79 Å². The van der Waals surface area contributed by atoms with Crippen molar-refractivity contribution in [3.63, 3.8) is 0 Å². The van der Waals surface area contributed by atoms with Crippen LogP contribution in [0.3, 0.4) is 0 Å². The molecule has 3 heterocycles. The molecule has 88 valence electrons. The lowest BCUT2D eigenvalue weighted by Gasteiger charge is -2.15. The SMILES string of the molecule is O=C1CC(Cl)CN1Cc1ccc2nccn2c1. The molecular weight excluding hydrogens is 238 g/mol. The van der Waals surface area contributed by atoms with E-state index >= 15 is 0 Å². The topological polar surface area (TPSA) is 37.6 Å². The molecule has 5 heteroatoms. The Labute approximate surface area is 104 Å². The van der Waals surface area contributed by atoms with Crippen LogP contribution in [0.15, 0.2) is 30.7 Å². The van der Waals surface area contributed by atoms with Gasteiger partial charge in [-0.15, -0.1) is 11.6 Å². The number of aromatic nitrogens is 2. The fourth-order valence-electron chi connectivity index (χ4n) is 2.16. The normalized spacial score (nSPS) is 20.4. The summed E-state index contributed by atoms with van der Waals surface area (Å²) in [7, 11) is 0. The number of rotatable bonds is 2. The van der Waals surface area contributed by atoms with Crippen LogP contribution in [0.5, 0.6) is 0 Å². The van der Waals surface area contributed by atoms with E-state index in [1.54, 1.807) is 11.1 Å². The van der Waals surface area contributed by atoms with Gasteiger partial charge < -0.3 is 9.30 Å². The van der Waals surface area contributed by atoms with Crippen molar-refractivity contribution in [1.82, 2.24) is 14.3 Å². The molecule has 17 heavy (non-hydrogen) atoms. The molecule has 1 unspecified atom stereocenters. The fourth-order valence-corrected chi connectivity index (χ4v) is 2.46. The third-order valence-corrected chi connectivity index (χ3v) is 3.28. The van der Waals surface area contributed by atoms with Crippen molar-refractivity contribution in [3.05, 3.63) is 36.3 Å². The van der Waals surface area contributed by atoms with Crippen LogP contribution in [0, 0.1) is 0 Å². The third-order valence-electron chi connectivity index (χ3n) is 2.99. The van der Waals surface area contributed by atoms with Crippen molar-refractivity contribution in [1.29, 1.82) is 0 Å². The van der Waals surface area contributed by atoms with Crippen molar-refractivity contribution in [2.75, 3.05) is 6.54 Å². The van der Waals surface area contributed by atoms with E-state index in [-0.39, 0.29) is 11.3 Å². The van der Waals surface area contributed by atoms with Crippen molar-refractivity contribution < 1.29 is 4.79 Å². The Hall–Kier alpha value is -1.55. The van der Waals surface area contributed by atoms with Crippen LogP contribution in [0.25, 0.3) is 5.65 Å². The number of alkyl halides is 1. The Morgan fingerprint density at radius 3 is 3.12 bits per heavy atom. The molecule has 3 rings (SSSR count). The third kappa shape index (κ3) is 2.00. The monoisotopic (exact) mass is 249 g/mol. The summed E-state index contributed by atoms with van der Waals surface area (Å²) in [5, 5.41) is -0.0422. The van der Waals surface area contributed by atoms with Crippen molar-refractivity contribution in [3.8, 4) is 0 Å². The number of pyridine rings is 1. The van der Waals surface area contributed by atoms with Gasteiger partial charge in [0.1, 0.15) is 5.65 Å². The standard InChI is InChI=1S/C12H12ClN3O/c13-10-5-12(17)16(8-10)7-9-1-2-11-14-3-4-15(11)6-9/h1-4,6,10H,5,7-8H2. The van der Waals surface area contributed by atoms with Gasteiger partial charge in [0.2, 0.25) is 5.91 Å². The van der Waals surface area contributed by atoms with Gasteiger partial charge in [-0.1, -0.05) is 6.07 Å². The minimum atomic E-state index is -0.0422. The Balaban J connectivity index is 1.82. The maximum atomic E-state index is 11.6. The van der Waals surface area contributed by atoms with Crippen molar-refractivity contribution in [2.24, 2.45) is 0 Å². The molecular formula is C12H12ClN3O. The molecule has 0 saturated carbocycles. The lowest BCUT2D eigenvalue weighted by atomic mass is 10.2. The predicted octanol–water partition coefficient (Wildman–Crippen LogP) is 1.67. The number of imidazole rings is 1. The summed E-state index contributed by atoms with van der Waals surface area (Å²) in [5.74, 6) is 0.135. The van der Waals surface area contributed by atoms with E-state index in [1.807, 2.05) is 28.9 Å². The van der Waals surface area contributed by atoms with Crippen LogP contribution in [0.2, 0.25) is 0 Å². The first-order valence-electron chi connectivity index (χ1n) is 5.56. The highest BCUT2D eigenvalue weighted by Gasteiger charge is 2.27. The first-order valence-corrected chi connectivity index (χ1v) is 5.99. The zero-order valence-corrected chi connectivity index (χ0v) is 9.97. The summed E-state index contributed by atoms with van der Waals surface area (Å²) in [6.07, 6.45) is 6.11. The molecule has 1 aliphatic heterocycles. The Kier molecular flexibility index (Phi) is 2.52. The fraction of sp³-hybridized carbons (Fsp3) is 0.333.